The number of carbonyl (C=O) groups excluding carboxylic acids is 1. The van der Waals surface area contributed by atoms with Crippen molar-refractivity contribution in [3.05, 3.63) is 34.9 Å². The number of ketones is 1. The molecule has 0 unspecified atom stereocenters. The van der Waals surface area contributed by atoms with E-state index in [0.717, 1.165) is 44.7 Å². The Hall–Kier alpha value is -1.19. The number of benzene rings is 1. The third-order valence-electron chi connectivity index (χ3n) is 3.97. The molecule has 1 aromatic carbocycles. The largest absolute Gasteiger partial charge is 0.381 e. The van der Waals surface area contributed by atoms with Gasteiger partial charge in [-0.15, -0.1) is 0 Å². The second kappa shape index (κ2) is 5.21. The average Bonchev–Trinajstić information content (AvgIpc) is 2.87. The third-order valence-corrected chi connectivity index (χ3v) is 3.97. The van der Waals surface area contributed by atoms with Gasteiger partial charge < -0.3 is 10.1 Å². The fourth-order valence-corrected chi connectivity index (χ4v) is 2.80. The summed E-state index contributed by atoms with van der Waals surface area (Å²) in [7, 11) is 0. The van der Waals surface area contributed by atoms with Crippen molar-refractivity contribution in [1.82, 2.24) is 5.32 Å². The van der Waals surface area contributed by atoms with Crippen LogP contribution in [0.4, 0.5) is 0 Å². The highest BCUT2D eigenvalue weighted by molar-refractivity contribution is 5.96. The van der Waals surface area contributed by atoms with Crippen molar-refractivity contribution in [3.8, 4) is 0 Å². The van der Waals surface area contributed by atoms with E-state index in [-0.39, 0.29) is 5.78 Å². The van der Waals surface area contributed by atoms with E-state index in [1.165, 1.54) is 11.1 Å². The lowest BCUT2D eigenvalue weighted by atomic mass is 9.91. The van der Waals surface area contributed by atoms with Gasteiger partial charge in [0.1, 0.15) is 0 Å². The molecule has 18 heavy (non-hydrogen) atoms. The molecule has 2 aliphatic heterocycles. The fraction of sp³-hybridized carbons (Fsp3) is 0.533. The maximum atomic E-state index is 12.3. The predicted octanol–water partition coefficient (Wildman–Crippen LogP) is 2.29. The lowest BCUT2D eigenvalue weighted by Gasteiger charge is -2.21. The number of nitrogens with one attached hydrogen (secondary N) is 1. The van der Waals surface area contributed by atoms with Crippen LogP contribution in [0.25, 0.3) is 0 Å². The maximum absolute atomic E-state index is 12.3. The fourth-order valence-electron chi connectivity index (χ4n) is 2.80. The second-order valence-electron chi connectivity index (χ2n) is 5.27. The molecule has 1 fully saturated rings. The standard InChI is InChI=1S/C15H19NO2/c17-15(7-11-3-5-18-6-4-11)12-1-2-13-9-16-10-14(13)8-12/h1-2,8,11,16H,3-7,9-10H2. The first-order valence-corrected chi connectivity index (χ1v) is 6.76. The summed E-state index contributed by atoms with van der Waals surface area (Å²) in [4.78, 5) is 12.3. The van der Waals surface area contributed by atoms with Gasteiger partial charge in [0.25, 0.3) is 0 Å². The number of Topliss-reactive ketones (excluding diaryl/α,β-unsaturated/α-hetero) is 1. The van der Waals surface area contributed by atoms with Gasteiger partial charge in [0, 0.05) is 38.3 Å². The van der Waals surface area contributed by atoms with Gasteiger partial charge in [0.05, 0.1) is 0 Å². The topological polar surface area (TPSA) is 38.3 Å². The predicted molar refractivity (Wildman–Crippen MR) is 69.5 cm³/mol. The molecule has 1 N–H and O–H groups in total. The van der Waals surface area contributed by atoms with E-state index in [2.05, 4.69) is 17.4 Å². The van der Waals surface area contributed by atoms with Crippen molar-refractivity contribution in [2.75, 3.05) is 13.2 Å². The lowest BCUT2D eigenvalue weighted by molar-refractivity contribution is 0.0601. The minimum absolute atomic E-state index is 0.289. The van der Waals surface area contributed by atoms with Crippen LogP contribution in [0.1, 0.15) is 40.7 Å². The minimum Gasteiger partial charge on any atom is -0.381 e. The summed E-state index contributed by atoms with van der Waals surface area (Å²) in [6.45, 7) is 3.45. The summed E-state index contributed by atoms with van der Waals surface area (Å²) in [6, 6.07) is 6.14. The van der Waals surface area contributed by atoms with Crippen molar-refractivity contribution in [3.63, 3.8) is 0 Å². The van der Waals surface area contributed by atoms with Crippen LogP contribution in [0, 0.1) is 5.92 Å². The molecule has 0 spiro atoms. The van der Waals surface area contributed by atoms with Crippen molar-refractivity contribution in [1.29, 1.82) is 0 Å². The Morgan fingerprint density at radius 1 is 1.22 bits per heavy atom. The van der Waals surface area contributed by atoms with Crippen molar-refractivity contribution in [2.45, 2.75) is 32.4 Å². The molecule has 0 aromatic heterocycles. The van der Waals surface area contributed by atoms with Crippen LogP contribution in [-0.2, 0) is 17.8 Å². The van der Waals surface area contributed by atoms with Crippen LogP contribution < -0.4 is 5.32 Å². The molecule has 1 saturated heterocycles. The molecular weight excluding hydrogens is 226 g/mol. The normalized spacial score (nSPS) is 19.8. The van der Waals surface area contributed by atoms with Crippen LogP contribution in [0.15, 0.2) is 18.2 Å². The molecular formula is C15H19NO2. The zero-order valence-electron chi connectivity index (χ0n) is 10.6. The Kier molecular flexibility index (Phi) is 3.43. The maximum Gasteiger partial charge on any atom is 0.163 e. The molecule has 3 nitrogen and oxygen atoms in total. The summed E-state index contributed by atoms with van der Waals surface area (Å²) < 4.78 is 5.33. The Balaban J connectivity index is 1.68. The van der Waals surface area contributed by atoms with Gasteiger partial charge in [-0.3, -0.25) is 4.79 Å². The van der Waals surface area contributed by atoms with E-state index in [0.29, 0.717) is 12.3 Å². The van der Waals surface area contributed by atoms with Gasteiger partial charge in [-0.2, -0.15) is 0 Å². The Morgan fingerprint density at radius 3 is 2.83 bits per heavy atom. The van der Waals surface area contributed by atoms with Gasteiger partial charge in [0.15, 0.2) is 5.78 Å². The molecule has 0 amide bonds. The summed E-state index contributed by atoms with van der Waals surface area (Å²) in [6.07, 6.45) is 2.73. The molecule has 0 aliphatic carbocycles. The molecule has 3 heteroatoms. The Bertz CT molecular complexity index is 450. The van der Waals surface area contributed by atoms with Crippen LogP contribution in [0.5, 0.6) is 0 Å². The first kappa shape index (κ1) is 11.9. The minimum atomic E-state index is 0.289. The molecule has 2 aliphatic rings. The van der Waals surface area contributed by atoms with Gasteiger partial charge in [-0.25, -0.2) is 0 Å². The molecule has 0 saturated carbocycles. The molecule has 0 radical (unpaired) electrons. The number of hydrogen-bond acceptors (Lipinski definition) is 3. The monoisotopic (exact) mass is 245 g/mol. The summed E-state index contributed by atoms with van der Waals surface area (Å²) in [5.74, 6) is 0.800. The van der Waals surface area contributed by atoms with E-state index < -0.39 is 0 Å². The van der Waals surface area contributed by atoms with Crippen molar-refractivity contribution < 1.29 is 9.53 Å². The third kappa shape index (κ3) is 2.47. The quantitative estimate of drug-likeness (QED) is 0.830. The van der Waals surface area contributed by atoms with Gasteiger partial charge >= 0.3 is 0 Å². The first-order valence-electron chi connectivity index (χ1n) is 6.76. The highest BCUT2D eigenvalue weighted by Crippen LogP contribution is 2.23. The number of hydrogen-bond donors (Lipinski definition) is 1. The van der Waals surface area contributed by atoms with Crippen LogP contribution in [0.2, 0.25) is 0 Å². The van der Waals surface area contributed by atoms with E-state index in [1.54, 1.807) is 0 Å². The number of fused-ring (bicyclic) bond motifs is 1. The zero-order valence-corrected chi connectivity index (χ0v) is 10.6. The second-order valence-corrected chi connectivity index (χ2v) is 5.27. The number of carbonyl (C=O) groups is 1. The first-order chi connectivity index (χ1) is 8.83. The summed E-state index contributed by atoms with van der Waals surface area (Å²) >= 11 is 0. The van der Waals surface area contributed by atoms with Gasteiger partial charge in [0.2, 0.25) is 0 Å². The van der Waals surface area contributed by atoms with E-state index in [1.807, 2.05) is 6.07 Å². The highest BCUT2D eigenvalue weighted by atomic mass is 16.5. The van der Waals surface area contributed by atoms with Crippen molar-refractivity contribution in [2.24, 2.45) is 5.92 Å². The van der Waals surface area contributed by atoms with E-state index >= 15 is 0 Å². The van der Waals surface area contributed by atoms with Gasteiger partial charge in [-0.05, 0) is 36.0 Å². The van der Waals surface area contributed by atoms with Crippen molar-refractivity contribution >= 4 is 5.78 Å². The van der Waals surface area contributed by atoms with E-state index in [9.17, 15) is 4.79 Å². The zero-order chi connectivity index (χ0) is 12.4. The summed E-state index contributed by atoms with van der Waals surface area (Å²) in [5, 5.41) is 3.31. The SMILES string of the molecule is O=C(CC1CCOCC1)c1ccc2c(c1)CNC2. The lowest BCUT2D eigenvalue weighted by Crippen LogP contribution is -2.18. The molecule has 2 heterocycles. The number of ether oxygens (including phenoxy) is 1. The summed E-state index contributed by atoms with van der Waals surface area (Å²) in [5.41, 5.74) is 3.49. The number of rotatable bonds is 3. The molecule has 0 bridgehead atoms. The van der Waals surface area contributed by atoms with Gasteiger partial charge in [-0.1, -0.05) is 12.1 Å². The van der Waals surface area contributed by atoms with E-state index in [4.69, 9.17) is 4.74 Å². The Morgan fingerprint density at radius 2 is 2.00 bits per heavy atom. The molecule has 1 aromatic rings. The molecule has 3 rings (SSSR count). The van der Waals surface area contributed by atoms with Crippen LogP contribution in [-0.4, -0.2) is 19.0 Å². The molecule has 0 atom stereocenters. The molecule has 96 valence electrons. The Labute approximate surface area is 108 Å². The smallest absolute Gasteiger partial charge is 0.163 e. The van der Waals surface area contributed by atoms with Crippen LogP contribution in [0.3, 0.4) is 0 Å². The van der Waals surface area contributed by atoms with Crippen LogP contribution >= 0.6 is 0 Å². The average molecular weight is 245 g/mol. The highest BCUT2D eigenvalue weighted by Gasteiger charge is 2.19.